The first-order valence-electron chi connectivity index (χ1n) is 6.80. The molecule has 1 aromatic rings. The number of halogens is 3. The highest BCUT2D eigenvalue weighted by Crippen LogP contribution is 2.34. The molecule has 0 unspecified atom stereocenters. The Bertz CT molecular complexity index is 715. The fourth-order valence-corrected chi connectivity index (χ4v) is 2.77. The third kappa shape index (κ3) is 4.16. The summed E-state index contributed by atoms with van der Waals surface area (Å²) in [4.78, 5) is 36.0. The minimum atomic E-state index is -4.51. The van der Waals surface area contributed by atoms with E-state index in [4.69, 9.17) is 0 Å². The van der Waals surface area contributed by atoms with Crippen LogP contribution in [0, 0.1) is 0 Å². The van der Waals surface area contributed by atoms with E-state index < -0.39 is 35.4 Å². The number of carbonyl (C=O) groups excluding carboxylic acids is 3. The number of hydrogen-bond donors (Lipinski definition) is 0. The van der Waals surface area contributed by atoms with E-state index in [2.05, 4.69) is 4.74 Å². The van der Waals surface area contributed by atoms with Crippen molar-refractivity contribution in [1.29, 1.82) is 0 Å². The molecule has 0 N–H and O–H groups in total. The molecule has 1 fully saturated rings. The molecule has 0 radical (unpaired) electrons. The number of imide groups is 1. The minimum absolute atomic E-state index is 0.0522. The maximum atomic E-state index is 12.7. The van der Waals surface area contributed by atoms with Gasteiger partial charge in [0.05, 0.1) is 17.1 Å². The maximum Gasteiger partial charge on any atom is 0.416 e. The van der Waals surface area contributed by atoms with E-state index >= 15 is 0 Å². The first-order valence-corrected chi connectivity index (χ1v) is 7.62. The van der Waals surface area contributed by atoms with Crippen LogP contribution in [-0.4, -0.2) is 35.2 Å². The van der Waals surface area contributed by atoms with Gasteiger partial charge in [0.15, 0.2) is 0 Å². The van der Waals surface area contributed by atoms with E-state index in [1.807, 2.05) is 0 Å². The van der Waals surface area contributed by atoms with Crippen LogP contribution in [0.3, 0.4) is 0 Å². The number of alkyl halides is 3. The van der Waals surface area contributed by atoms with Gasteiger partial charge in [-0.05, 0) is 42.5 Å². The standard InChI is InChI=1S/C15H12F3NO4S/c1-2-23-12(20)8-19-13(21)11(24-14(19)22)7-9-4-3-5-10(6-9)15(16,17)18/h3-7H,2,8H2,1H3. The van der Waals surface area contributed by atoms with E-state index in [0.29, 0.717) is 16.7 Å². The van der Waals surface area contributed by atoms with E-state index in [-0.39, 0.29) is 17.1 Å². The average molecular weight is 359 g/mol. The smallest absolute Gasteiger partial charge is 0.416 e. The summed E-state index contributed by atoms with van der Waals surface area (Å²) < 4.78 is 42.7. The van der Waals surface area contributed by atoms with Gasteiger partial charge in [-0.15, -0.1) is 0 Å². The second-order valence-corrected chi connectivity index (χ2v) is 5.69. The second kappa shape index (κ2) is 7.08. The van der Waals surface area contributed by atoms with Gasteiger partial charge in [-0.2, -0.15) is 13.2 Å². The third-order valence-electron chi connectivity index (χ3n) is 2.98. The zero-order valence-corrected chi connectivity index (χ0v) is 13.2. The molecule has 5 nitrogen and oxygen atoms in total. The summed E-state index contributed by atoms with van der Waals surface area (Å²) in [5.74, 6) is -1.48. The van der Waals surface area contributed by atoms with Gasteiger partial charge in [-0.25, -0.2) is 0 Å². The molecular weight excluding hydrogens is 347 g/mol. The molecule has 2 rings (SSSR count). The Balaban J connectivity index is 2.21. The van der Waals surface area contributed by atoms with Crippen LogP contribution in [0.1, 0.15) is 18.1 Å². The normalized spacial score (nSPS) is 16.8. The summed E-state index contributed by atoms with van der Waals surface area (Å²) in [6, 6.07) is 4.37. The van der Waals surface area contributed by atoms with Crippen molar-refractivity contribution in [2.24, 2.45) is 0 Å². The van der Waals surface area contributed by atoms with Crippen molar-refractivity contribution in [2.45, 2.75) is 13.1 Å². The van der Waals surface area contributed by atoms with Crippen LogP contribution < -0.4 is 0 Å². The van der Waals surface area contributed by atoms with Crippen molar-refractivity contribution in [1.82, 2.24) is 4.90 Å². The molecule has 0 saturated carbocycles. The Morgan fingerprint density at radius 3 is 2.67 bits per heavy atom. The van der Waals surface area contributed by atoms with Crippen molar-refractivity contribution in [3.8, 4) is 0 Å². The summed E-state index contributed by atoms with van der Waals surface area (Å²) in [5.41, 5.74) is -0.728. The lowest BCUT2D eigenvalue weighted by Gasteiger charge is -2.10. The molecule has 9 heteroatoms. The fourth-order valence-electron chi connectivity index (χ4n) is 1.93. The van der Waals surface area contributed by atoms with Crippen molar-refractivity contribution >= 4 is 35.0 Å². The molecule has 1 saturated heterocycles. The molecule has 2 amide bonds. The monoisotopic (exact) mass is 359 g/mol. The zero-order chi connectivity index (χ0) is 17.9. The van der Waals surface area contributed by atoms with Crippen LogP contribution in [0.2, 0.25) is 0 Å². The molecule has 24 heavy (non-hydrogen) atoms. The summed E-state index contributed by atoms with van der Waals surface area (Å²) in [5, 5.41) is -0.675. The van der Waals surface area contributed by atoms with Gasteiger partial charge >= 0.3 is 12.1 Å². The lowest BCUT2D eigenvalue weighted by molar-refractivity contribution is -0.146. The van der Waals surface area contributed by atoms with Crippen molar-refractivity contribution in [2.75, 3.05) is 13.2 Å². The first kappa shape index (κ1) is 18.1. The van der Waals surface area contributed by atoms with E-state index in [0.717, 1.165) is 12.1 Å². The van der Waals surface area contributed by atoms with Crippen LogP contribution in [0.5, 0.6) is 0 Å². The van der Waals surface area contributed by atoms with E-state index in [9.17, 15) is 27.6 Å². The summed E-state index contributed by atoms with van der Waals surface area (Å²) in [6.07, 6.45) is -3.32. The number of benzene rings is 1. The Morgan fingerprint density at radius 1 is 1.33 bits per heavy atom. The number of hydrogen-bond acceptors (Lipinski definition) is 5. The maximum absolute atomic E-state index is 12.7. The van der Waals surface area contributed by atoms with Crippen LogP contribution in [0.25, 0.3) is 6.08 Å². The number of carbonyl (C=O) groups is 3. The molecule has 0 aliphatic carbocycles. The fraction of sp³-hybridized carbons (Fsp3) is 0.267. The van der Waals surface area contributed by atoms with Crippen LogP contribution in [0.4, 0.5) is 18.0 Å². The quantitative estimate of drug-likeness (QED) is 0.610. The van der Waals surface area contributed by atoms with Gasteiger partial charge in [0.1, 0.15) is 6.54 Å². The Kier molecular flexibility index (Phi) is 5.33. The van der Waals surface area contributed by atoms with Gasteiger partial charge < -0.3 is 4.74 Å². The molecule has 0 aromatic heterocycles. The Morgan fingerprint density at radius 2 is 2.04 bits per heavy atom. The SMILES string of the molecule is CCOC(=O)CN1C(=O)SC(=Cc2cccc(C(F)(F)F)c2)C1=O. The molecule has 1 aliphatic rings. The zero-order valence-electron chi connectivity index (χ0n) is 12.4. The summed E-state index contributed by atoms with van der Waals surface area (Å²) >= 11 is 0.560. The van der Waals surface area contributed by atoms with Gasteiger partial charge in [0, 0.05) is 0 Å². The molecule has 128 valence electrons. The molecule has 1 aromatic carbocycles. The molecule has 1 heterocycles. The van der Waals surface area contributed by atoms with E-state index in [1.54, 1.807) is 6.92 Å². The van der Waals surface area contributed by atoms with E-state index in [1.165, 1.54) is 18.2 Å². The minimum Gasteiger partial charge on any atom is -0.465 e. The molecular formula is C15H12F3NO4S. The number of thioether (sulfide) groups is 1. The second-order valence-electron chi connectivity index (χ2n) is 4.70. The molecule has 0 bridgehead atoms. The molecule has 0 atom stereocenters. The number of esters is 1. The van der Waals surface area contributed by atoms with Gasteiger partial charge in [-0.3, -0.25) is 19.3 Å². The largest absolute Gasteiger partial charge is 0.465 e. The third-order valence-corrected chi connectivity index (χ3v) is 3.89. The highest BCUT2D eigenvalue weighted by molar-refractivity contribution is 8.18. The molecule has 0 spiro atoms. The van der Waals surface area contributed by atoms with Crippen LogP contribution >= 0.6 is 11.8 Å². The van der Waals surface area contributed by atoms with Crippen LogP contribution in [-0.2, 0) is 20.5 Å². The first-order chi connectivity index (χ1) is 11.2. The van der Waals surface area contributed by atoms with Gasteiger partial charge in [-0.1, -0.05) is 12.1 Å². The summed E-state index contributed by atoms with van der Waals surface area (Å²) in [7, 11) is 0. The highest BCUT2D eigenvalue weighted by Gasteiger charge is 2.37. The summed E-state index contributed by atoms with van der Waals surface area (Å²) in [6.45, 7) is 1.16. The number of rotatable bonds is 4. The van der Waals surface area contributed by atoms with Gasteiger partial charge in [0.2, 0.25) is 0 Å². The predicted octanol–water partition coefficient (Wildman–Crippen LogP) is 3.30. The Labute approximate surface area is 139 Å². The van der Waals surface area contributed by atoms with Crippen LogP contribution in [0.15, 0.2) is 29.2 Å². The topological polar surface area (TPSA) is 63.7 Å². The lowest BCUT2D eigenvalue weighted by Crippen LogP contribution is -2.34. The Hall–Kier alpha value is -2.29. The number of amides is 2. The highest BCUT2D eigenvalue weighted by atomic mass is 32.2. The lowest BCUT2D eigenvalue weighted by atomic mass is 10.1. The van der Waals surface area contributed by atoms with Crippen molar-refractivity contribution in [3.05, 3.63) is 40.3 Å². The molecule has 1 aliphatic heterocycles. The van der Waals surface area contributed by atoms with Crippen molar-refractivity contribution < 1.29 is 32.3 Å². The van der Waals surface area contributed by atoms with Gasteiger partial charge in [0.25, 0.3) is 11.1 Å². The number of ether oxygens (including phenoxy) is 1. The average Bonchev–Trinajstić information content (AvgIpc) is 2.75. The number of nitrogens with zero attached hydrogens (tertiary/aromatic N) is 1. The predicted molar refractivity (Wildman–Crippen MR) is 80.8 cm³/mol. The van der Waals surface area contributed by atoms with Crippen molar-refractivity contribution in [3.63, 3.8) is 0 Å².